The number of nitrogens with one attached hydrogen (secondary N) is 4. The van der Waals surface area contributed by atoms with Crippen LogP contribution in [0.25, 0.3) is 27.0 Å². The number of rotatable bonds is 24. The Balaban J connectivity index is 0.663. The predicted octanol–water partition coefficient (Wildman–Crippen LogP) is 11.2. The number of anilines is 2. The zero-order valence-corrected chi connectivity index (χ0v) is 58.5. The van der Waals surface area contributed by atoms with Crippen molar-refractivity contribution >= 4 is 96.7 Å². The number of sulfonamides is 1. The highest BCUT2D eigenvalue weighted by Crippen LogP contribution is 2.44. The fraction of sp³-hybridized carbons (Fsp3) is 0.431. The van der Waals surface area contributed by atoms with Crippen molar-refractivity contribution in [3.05, 3.63) is 158 Å². The molecule has 5 N–H and O–H groups in total. The molecule has 23 nitrogen and oxygen atoms in total. The lowest BCUT2D eigenvalue weighted by molar-refractivity contribution is -0.384. The van der Waals surface area contributed by atoms with Gasteiger partial charge in [0.05, 0.1) is 43.8 Å². The number of benzene rings is 4. The number of carbonyl (C=O) groups excluding carboxylic acids is 5. The molecule has 1 aliphatic carbocycles. The van der Waals surface area contributed by atoms with E-state index in [1.165, 1.54) is 50.9 Å². The number of likely N-dealkylation sites (tertiary alicyclic amines) is 2. The summed E-state index contributed by atoms with van der Waals surface area (Å²) in [6.45, 7) is 17.1. The molecule has 6 heterocycles. The summed E-state index contributed by atoms with van der Waals surface area (Å²) in [5.74, 6) is -1.61. The van der Waals surface area contributed by atoms with Gasteiger partial charge in [0.25, 0.3) is 21.6 Å². The Kier molecular flexibility index (Phi) is 21.7. The van der Waals surface area contributed by atoms with Crippen molar-refractivity contribution in [2.75, 3.05) is 69.1 Å². The minimum Gasteiger partial charge on any atom is -0.455 e. The first kappa shape index (κ1) is 70.6. The van der Waals surface area contributed by atoms with Gasteiger partial charge >= 0.3 is 0 Å². The largest absolute Gasteiger partial charge is 0.455 e. The number of aromatic nitrogens is 3. The molecule has 3 fully saturated rings. The maximum absolute atomic E-state index is 14.4. The normalized spacial score (nSPS) is 18.1. The number of aliphatic hydroxyl groups is 1. The van der Waals surface area contributed by atoms with Gasteiger partial charge in [-0.1, -0.05) is 88.2 Å². The van der Waals surface area contributed by atoms with Crippen LogP contribution >= 0.6 is 22.9 Å². The second kappa shape index (κ2) is 30.2. The average Bonchev–Trinajstić information content (AvgIpc) is 0.955. The first-order valence-corrected chi connectivity index (χ1v) is 36.1. The van der Waals surface area contributed by atoms with Crippen molar-refractivity contribution in [2.24, 2.45) is 16.7 Å². The molecule has 3 aromatic heterocycles. The lowest BCUT2D eigenvalue weighted by Gasteiger charge is -2.39. The number of halogens is 1. The molecule has 3 aliphatic heterocycles. The Labute approximate surface area is 580 Å². The molecule has 26 heteroatoms. The molecule has 0 spiro atoms. The lowest BCUT2D eigenvalue weighted by atomic mass is 9.72. The van der Waals surface area contributed by atoms with Gasteiger partial charge < -0.3 is 45.1 Å². The van der Waals surface area contributed by atoms with E-state index in [2.05, 4.69) is 66.1 Å². The van der Waals surface area contributed by atoms with E-state index in [9.17, 15) is 47.6 Å². The zero-order chi connectivity index (χ0) is 69.6. The van der Waals surface area contributed by atoms with E-state index in [1.807, 2.05) is 70.2 Å². The van der Waals surface area contributed by atoms with E-state index < -0.39 is 67.0 Å². The molecule has 4 aromatic carbocycles. The van der Waals surface area contributed by atoms with Crippen LogP contribution in [-0.2, 0) is 35.7 Å². The van der Waals surface area contributed by atoms with Gasteiger partial charge in [0, 0.05) is 119 Å². The Morgan fingerprint density at radius 1 is 0.939 bits per heavy atom. The molecule has 11 rings (SSSR count). The number of H-pyrrole nitrogens is 1. The number of carbonyl (C=O) groups is 5. The molecular formula is C72H85ClN12O11S2. The smallest absolute Gasteiger partial charge is 0.293 e. The van der Waals surface area contributed by atoms with Crippen LogP contribution < -0.4 is 25.0 Å². The summed E-state index contributed by atoms with van der Waals surface area (Å²) >= 11 is 7.82. The highest BCUT2D eigenvalue weighted by atomic mass is 35.5. The van der Waals surface area contributed by atoms with Crippen molar-refractivity contribution in [2.45, 2.75) is 129 Å². The van der Waals surface area contributed by atoms with Gasteiger partial charge in [0.2, 0.25) is 24.1 Å². The molecule has 3 atom stereocenters. The minimum atomic E-state index is -4.70. The van der Waals surface area contributed by atoms with E-state index in [0.717, 1.165) is 77.7 Å². The number of hydrogen-bond donors (Lipinski definition) is 5. The number of piperidine rings is 1. The van der Waals surface area contributed by atoms with Crippen molar-refractivity contribution in [1.29, 1.82) is 0 Å². The van der Waals surface area contributed by atoms with Gasteiger partial charge in [-0.2, -0.15) is 0 Å². The molecule has 0 radical (unpaired) electrons. The van der Waals surface area contributed by atoms with Gasteiger partial charge in [0.1, 0.15) is 35.0 Å². The fourth-order valence-electron chi connectivity index (χ4n) is 13.6. The number of fused-ring (bicyclic) bond motifs is 1. The molecular weight excluding hydrogens is 1310 g/mol. The number of amides is 5. The number of nitrogens with zero attached hydrogens (tertiary/aromatic N) is 8. The number of aromatic amines is 1. The second-order valence-electron chi connectivity index (χ2n) is 28.0. The van der Waals surface area contributed by atoms with Gasteiger partial charge in [-0.05, 0) is 133 Å². The van der Waals surface area contributed by atoms with Gasteiger partial charge in [-0.15, -0.1) is 11.3 Å². The van der Waals surface area contributed by atoms with E-state index in [1.54, 1.807) is 46.1 Å². The summed E-state index contributed by atoms with van der Waals surface area (Å²) in [6, 6.07) is 26.9. The van der Waals surface area contributed by atoms with Crippen molar-refractivity contribution in [3.8, 4) is 21.9 Å². The van der Waals surface area contributed by atoms with Crippen LogP contribution in [-0.4, -0.2) is 160 Å². The standard InChI is InChI=1S/C72H85ClN12O11S2/c1-46-66(97-44-77-46)50-12-10-48(11-13-50)41-83(45-86)64-36-55(87)43-84(64)70(91)67(71(2,3)4)78-63(88)8-7-9-65(89)82-28-24-47(25-29-82)39-75-60-21-19-57(37-61(60)85(92)93)98(94,95)79-69(90)58-20-18-54(35-62(58)96-56-34-51-23-27-74-68(51)76-40-56)81-32-30-80(31-33-81)42-52-22-26-72(5,6)38-59(52)49-14-16-53(73)17-15-49/h10-21,23,27,34-35,37,40,44-45,47,55,64,67,75,87H,7-9,22,24-26,28-33,36,38-39,41-43H2,1-6H3,(H,74,76)(H,78,88)(H,79,90)/t55-,64+,67-/m1/s1. The molecule has 98 heavy (non-hydrogen) atoms. The number of aliphatic hydroxyl groups excluding tert-OH is 1. The number of allylic oxidation sites excluding steroid dienone is 1. The number of hydrogen-bond acceptors (Lipinski definition) is 17. The van der Waals surface area contributed by atoms with Gasteiger partial charge in [0.15, 0.2) is 0 Å². The molecule has 0 bridgehead atoms. The maximum atomic E-state index is 14.4. The summed E-state index contributed by atoms with van der Waals surface area (Å²) in [5.41, 5.74) is 8.90. The number of thiazole rings is 1. The first-order valence-electron chi connectivity index (χ1n) is 33.3. The van der Waals surface area contributed by atoms with Crippen molar-refractivity contribution < 1.29 is 47.2 Å². The fourth-order valence-corrected chi connectivity index (χ4v) is 15.5. The minimum absolute atomic E-state index is 0.000506. The number of piperazine rings is 1. The summed E-state index contributed by atoms with van der Waals surface area (Å²) < 4.78 is 36.6. The number of β-amino-alcohol motifs (C(OH)–C–C–N with tert-alkyl or cyclic N) is 1. The summed E-state index contributed by atoms with van der Waals surface area (Å²) in [5, 5.41) is 30.9. The lowest BCUT2D eigenvalue weighted by Crippen LogP contribution is -2.58. The van der Waals surface area contributed by atoms with Crippen LogP contribution in [0, 0.1) is 33.8 Å². The molecule has 0 saturated carbocycles. The Morgan fingerprint density at radius 2 is 1.67 bits per heavy atom. The van der Waals surface area contributed by atoms with E-state index >= 15 is 0 Å². The molecule has 518 valence electrons. The van der Waals surface area contributed by atoms with Crippen molar-refractivity contribution in [3.63, 3.8) is 0 Å². The third-order valence-corrected chi connectivity index (χ3v) is 21.7. The highest BCUT2D eigenvalue weighted by molar-refractivity contribution is 7.90. The first-order chi connectivity index (χ1) is 46.8. The molecule has 7 aromatic rings. The van der Waals surface area contributed by atoms with Gasteiger partial charge in [-0.25, -0.2) is 23.1 Å². The third kappa shape index (κ3) is 17.0. The Hall–Kier alpha value is -8.75. The number of nitro benzene ring substituents is 1. The monoisotopic (exact) mass is 1390 g/mol. The Morgan fingerprint density at radius 3 is 2.37 bits per heavy atom. The number of nitro groups is 1. The molecule has 4 aliphatic rings. The number of ether oxygens (including phenoxy) is 1. The van der Waals surface area contributed by atoms with Crippen LogP contribution in [0.2, 0.25) is 5.02 Å². The number of pyridine rings is 1. The van der Waals surface area contributed by atoms with Crippen LogP contribution in [0.3, 0.4) is 0 Å². The summed E-state index contributed by atoms with van der Waals surface area (Å²) in [6.07, 6.45) is 6.97. The quantitative estimate of drug-likeness (QED) is 0.0213. The molecule has 3 saturated heterocycles. The third-order valence-electron chi connectivity index (χ3n) is 19.2. The summed E-state index contributed by atoms with van der Waals surface area (Å²) in [4.78, 5) is 102. The van der Waals surface area contributed by atoms with Crippen molar-refractivity contribution in [1.82, 2.24) is 44.6 Å². The van der Waals surface area contributed by atoms with E-state index in [4.69, 9.17) is 16.3 Å². The Bertz CT molecular complexity index is 4230. The zero-order valence-electron chi connectivity index (χ0n) is 56.1. The topological polar surface area (TPSA) is 286 Å². The second-order valence-corrected chi connectivity index (χ2v) is 30.9. The van der Waals surface area contributed by atoms with E-state index in [0.29, 0.717) is 61.9 Å². The van der Waals surface area contributed by atoms with Crippen LogP contribution in [0.1, 0.15) is 120 Å². The average molecular weight is 1390 g/mol. The summed E-state index contributed by atoms with van der Waals surface area (Å²) in [7, 11) is -4.70. The van der Waals surface area contributed by atoms with Crippen LogP contribution in [0.5, 0.6) is 11.5 Å². The predicted molar refractivity (Wildman–Crippen MR) is 378 cm³/mol. The number of aryl methyl sites for hydroxylation is 1. The molecule has 0 unspecified atom stereocenters. The van der Waals surface area contributed by atoms with Crippen LogP contribution in [0.4, 0.5) is 17.1 Å². The SMILES string of the molecule is Cc1ncsc1-c1ccc(CN(C=O)[C@@H]2C[C@@H](O)CN2C(=O)[C@@H](NC(=O)CCCC(=O)N2CCC(CNc3ccc(S(=O)(=O)NC(=O)c4ccc(N5CCN(CC6=C(c7ccc(Cl)cc7)CC(C)(C)CC6)CC5)cc4Oc4cnc5[nH]ccc5c4)cc3[N+](=O)[O-])CC2)C(C)(C)C)cc1. The van der Waals surface area contributed by atoms with Gasteiger partial charge in [-0.3, -0.25) is 39.0 Å². The highest BCUT2D eigenvalue weighted by Gasteiger charge is 2.44. The molecule has 5 amide bonds. The maximum Gasteiger partial charge on any atom is 0.293 e. The van der Waals surface area contributed by atoms with E-state index in [-0.39, 0.29) is 79.6 Å². The van der Waals surface area contributed by atoms with Crippen LogP contribution in [0.15, 0.2) is 125 Å².